The maximum absolute atomic E-state index is 12.6. The normalized spacial score (nSPS) is 17.7. The Balaban J connectivity index is 1.21. The summed E-state index contributed by atoms with van der Waals surface area (Å²) in [4.78, 5) is 36.2. The first kappa shape index (κ1) is 23.1. The van der Waals surface area contributed by atoms with Gasteiger partial charge in [-0.1, -0.05) is 48.5 Å². The predicted molar refractivity (Wildman–Crippen MR) is 134 cm³/mol. The van der Waals surface area contributed by atoms with Gasteiger partial charge in [-0.2, -0.15) is 0 Å². The number of benzene rings is 3. The largest absolute Gasteiger partial charge is 0.481 e. The summed E-state index contributed by atoms with van der Waals surface area (Å²) in [6.45, 7) is 0.488. The second kappa shape index (κ2) is 9.54. The summed E-state index contributed by atoms with van der Waals surface area (Å²) in [7, 11) is 0. The number of carbonyl (C=O) groups is 3. The zero-order valence-electron chi connectivity index (χ0n) is 18.7. The minimum Gasteiger partial charge on any atom is -0.481 e. The van der Waals surface area contributed by atoms with Crippen molar-refractivity contribution >= 4 is 39.6 Å². The first-order chi connectivity index (χ1) is 16.9. The molecule has 1 saturated carbocycles. The van der Waals surface area contributed by atoms with E-state index in [1.165, 1.54) is 0 Å². The third-order valence-electron chi connectivity index (χ3n) is 6.57. The molecule has 2 aliphatic rings. The molecule has 3 aromatic rings. The van der Waals surface area contributed by atoms with Crippen molar-refractivity contribution in [2.75, 3.05) is 18.5 Å². The molecular formula is C27H23BrN2O5. The van der Waals surface area contributed by atoms with Gasteiger partial charge in [0.15, 0.2) is 0 Å². The van der Waals surface area contributed by atoms with Crippen molar-refractivity contribution in [2.45, 2.75) is 12.3 Å². The molecule has 0 radical (unpaired) electrons. The Morgan fingerprint density at radius 2 is 1.63 bits per heavy atom. The fourth-order valence-electron chi connectivity index (χ4n) is 4.62. The Labute approximate surface area is 210 Å². The quantitative estimate of drug-likeness (QED) is 0.383. The minimum atomic E-state index is -0.834. The molecule has 178 valence electrons. The summed E-state index contributed by atoms with van der Waals surface area (Å²) in [5.74, 6) is -1.65. The number of carboxylic acid groups (broad SMARTS) is 1. The van der Waals surface area contributed by atoms with E-state index in [-0.39, 0.29) is 30.3 Å². The standard InChI is InChI=1S/C27H23BrN2O5/c28-24-10-9-16(12-22(24)25(31)29-13-15-11-21(15)26(32)33)30-27(34)35-14-23-19-7-3-1-5-17(19)18-6-2-4-8-20(18)23/h1-10,12,15,21,23H,11,13-14H2,(H,29,31)(H,30,34)(H,32,33)/t15-,21-/m0/s1. The van der Waals surface area contributed by atoms with Gasteiger partial charge in [-0.05, 0) is 68.7 Å². The van der Waals surface area contributed by atoms with Gasteiger partial charge in [0, 0.05) is 22.6 Å². The molecule has 2 atom stereocenters. The molecule has 0 aliphatic heterocycles. The number of amides is 2. The molecule has 3 N–H and O–H groups in total. The predicted octanol–water partition coefficient (Wildman–Crippen LogP) is 5.26. The molecule has 2 aliphatic carbocycles. The molecule has 7 nitrogen and oxygen atoms in total. The summed E-state index contributed by atoms with van der Waals surface area (Å²) in [5.41, 5.74) is 5.33. The number of aliphatic carboxylic acids is 1. The van der Waals surface area contributed by atoms with Crippen LogP contribution in [0.4, 0.5) is 10.5 Å². The molecule has 0 spiro atoms. The average Bonchev–Trinajstić information content (AvgIpc) is 3.58. The number of carbonyl (C=O) groups excluding carboxylic acids is 2. The number of anilines is 1. The van der Waals surface area contributed by atoms with E-state index in [4.69, 9.17) is 9.84 Å². The molecule has 0 aromatic heterocycles. The number of ether oxygens (including phenoxy) is 1. The van der Waals surface area contributed by atoms with E-state index in [0.717, 1.165) is 22.3 Å². The summed E-state index contributed by atoms with van der Waals surface area (Å²) in [6.07, 6.45) is -0.0389. The van der Waals surface area contributed by atoms with Gasteiger partial charge in [0.05, 0.1) is 11.5 Å². The zero-order valence-corrected chi connectivity index (χ0v) is 20.2. The average molecular weight is 535 g/mol. The van der Waals surface area contributed by atoms with E-state index in [0.29, 0.717) is 28.7 Å². The van der Waals surface area contributed by atoms with Gasteiger partial charge in [0.2, 0.25) is 0 Å². The highest BCUT2D eigenvalue weighted by Gasteiger charge is 2.43. The lowest BCUT2D eigenvalue weighted by Gasteiger charge is -2.15. The number of hydrogen-bond donors (Lipinski definition) is 3. The lowest BCUT2D eigenvalue weighted by molar-refractivity contribution is -0.138. The SMILES string of the molecule is O=C(Nc1ccc(Br)c(C(=O)NC[C@@H]2C[C@@H]2C(=O)O)c1)OCC1c2ccccc2-c2ccccc21. The molecular weight excluding hydrogens is 512 g/mol. The van der Waals surface area contributed by atoms with Crippen LogP contribution in [0, 0.1) is 11.8 Å². The smallest absolute Gasteiger partial charge is 0.411 e. The molecule has 5 rings (SSSR count). The van der Waals surface area contributed by atoms with Crippen molar-refractivity contribution in [2.24, 2.45) is 11.8 Å². The monoisotopic (exact) mass is 534 g/mol. The van der Waals surface area contributed by atoms with Crippen LogP contribution in [0.3, 0.4) is 0 Å². The molecule has 0 unspecified atom stereocenters. The molecule has 3 aromatic carbocycles. The van der Waals surface area contributed by atoms with Gasteiger partial charge in [0.25, 0.3) is 5.91 Å². The lowest BCUT2D eigenvalue weighted by Crippen LogP contribution is -2.27. The molecule has 0 saturated heterocycles. The Bertz CT molecular complexity index is 1280. The van der Waals surface area contributed by atoms with Gasteiger partial charge in [-0.25, -0.2) is 4.79 Å². The number of fused-ring (bicyclic) bond motifs is 3. The van der Waals surface area contributed by atoms with Crippen LogP contribution in [0.15, 0.2) is 71.2 Å². The highest BCUT2D eigenvalue weighted by molar-refractivity contribution is 9.10. The number of hydrogen-bond acceptors (Lipinski definition) is 4. The van der Waals surface area contributed by atoms with E-state index >= 15 is 0 Å². The number of carboxylic acids is 1. The fourth-order valence-corrected chi connectivity index (χ4v) is 5.05. The van der Waals surface area contributed by atoms with Crippen LogP contribution in [0.1, 0.15) is 33.8 Å². The van der Waals surface area contributed by atoms with Crippen molar-refractivity contribution in [3.8, 4) is 11.1 Å². The van der Waals surface area contributed by atoms with Crippen LogP contribution in [-0.2, 0) is 9.53 Å². The summed E-state index contributed by atoms with van der Waals surface area (Å²) >= 11 is 3.36. The van der Waals surface area contributed by atoms with Gasteiger partial charge >= 0.3 is 12.1 Å². The third kappa shape index (κ3) is 4.79. The van der Waals surface area contributed by atoms with Gasteiger partial charge < -0.3 is 15.2 Å². The Morgan fingerprint density at radius 3 is 2.26 bits per heavy atom. The minimum absolute atomic E-state index is 0.0441. The van der Waals surface area contributed by atoms with Crippen LogP contribution in [0.25, 0.3) is 11.1 Å². The Hall–Kier alpha value is -3.65. The lowest BCUT2D eigenvalue weighted by atomic mass is 9.98. The maximum atomic E-state index is 12.6. The van der Waals surface area contributed by atoms with Crippen molar-refractivity contribution < 1.29 is 24.2 Å². The van der Waals surface area contributed by atoms with Crippen LogP contribution in [-0.4, -0.2) is 36.2 Å². The molecule has 2 amide bonds. The molecule has 0 heterocycles. The van der Waals surface area contributed by atoms with Crippen LogP contribution >= 0.6 is 15.9 Å². The molecule has 0 bridgehead atoms. The summed E-state index contributed by atoms with van der Waals surface area (Å²) < 4.78 is 6.15. The first-order valence-corrected chi connectivity index (χ1v) is 12.1. The summed E-state index contributed by atoms with van der Waals surface area (Å²) in [6, 6.07) is 21.1. The van der Waals surface area contributed by atoms with Crippen LogP contribution < -0.4 is 10.6 Å². The fraction of sp³-hybridized carbons (Fsp3) is 0.222. The molecule has 1 fully saturated rings. The van der Waals surface area contributed by atoms with E-state index in [1.807, 2.05) is 24.3 Å². The van der Waals surface area contributed by atoms with Crippen molar-refractivity contribution in [3.05, 3.63) is 87.9 Å². The van der Waals surface area contributed by atoms with E-state index < -0.39 is 12.1 Å². The van der Waals surface area contributed by atoms with Crippen molar-refractivity contribution in [1.82, 2.24) is 5.32 Å². The number of nitrogens with one attached hydrogen (secondary N) is 2. The van der Waals surface area contributed by atoms with E-state index in [1.54, 1.807) is 18.2 Å². The highest BCUT2D eigenvalue weighted by atomic mass is 79.9. The van der Waals surface area contributed by atoms with Crippen molar-refractivity contribution in [3.63, 3.8) is 0 Å². The number of rotatable bonds is 7. The second-order valence-electron chi connectivity index (χ2n) is 8.80. The summed E-state index contributed by atoms with van der Waals surface area (Å²) in [5, 5.41) is 14.5. The number of halogens is 1. The third-order valence-corrected chi connectivity index (χ3v) is 7.26. The van der Waals surface area contributed by atoms with Crippen LogP contribution in [0.5, 0.6) is 0 Å². The van der Waals surface area contributed by atoms with Gasteiger partial charge in [-0.3, -0.25) is 14.9 Å². The highest BCUT2D eigenvalue weighted by Crippen LogP contribution is 2.44. The van der Waals surface area contributed by atoms with E-state index in [9.17, 15) is 14.4 Å². The second-order valence-corrected chi connectivity index (χ2v) is 9.65. The van der Waals surface area contributed by atoms with Gasteiger partial charge in [-0.15, -0.1) is 0 Å². The van der Waals surface area contributed by atoms with Crippen molar-refractivity contribution in [1.29, 1.82) is 0 Å². The maximum Gasteiger partial charge on any atom is 0.411 e. The Morgan fingerprint density at radius 1 is 0.971 bits per heavy atom. The zero-order chi connectivity index (χ0) is 24.5. The van der Waals surface area contributed by atoms with Gasteiger partial charge in [0.1, 0.15) is 6.61 Å². The molecule has 35 heavy (non-hydrogen) atoms. The first-order valence-electron chi connectivity index (χ1n) is 11.3. The Kier molecular flexibility index (Phi) is 6.30. The van der Waals surface area contributed by atoms with Crippen LogP contribution in [0.2, 0.25) is 0 Å². The topological polar surface area (TPSA) is 105 Å². The molecule has 8 heteroatoms. The van der Waals surface area contributed by atoms with E-state index in [2.05, 4.69) is 50.8 Å².